The van der Waals surface area contributed by atoms with Crippen LogP contribution in [0.4, 0.5) is 8.78 Å². The Balaban J connectivity index is 2.78. The number of aliphatic hydroxyl groups is 1. The Kier molecular flexibility index (Phi) is 3.54. The average Bonchev–Trinajstić information content (AvgIpc) is 1.97. The summed E-state index contributed by atoms with van der Waals surface area (Å²) >= 11 is 0. The summed E-state index contributed by atoms with van der Waals surface area (Å²) in [6.45, 7) is 9.98. The lowest BCUT2D eigenvalue weighted by atomic mass is 9.78. The Morgan fingerprint density at radius 1 is 1.31 bits per heavy atom. The first kappa shape index (κ1) is 14.1. The lowest BCUT2D eigenvalue weighted by Gasteiger charge is -2.51. The minimum Gasteiger partial charge on any atom is -0.405 e. The molecule has 0 amide bonds. The van der Waals surface area contributed by atoms with Crippen LogP contribution in [-0.2, 0) is 4.43 Å². The molecular formula is C11H22F2O2Si. The maximum Gasteiger partial charge on any atom is 0.266 e. The third kappa shape index (κ3) is 2.46. The Bertz CT molecular complexity index is 255. The maximum absolute atomic E-state index is 13.0. The molecule has 0 aliphatic heterocycles. The highest BCUT2D eigenvalue weighted by Crippen LogP contribution is 2.47. The summed E-state index contributed by atoms with van der Waals surface area (Å²) in [5.41, 5.74) is -1.39. The van der Waals surface area contributed by atoms with Crippen molar-refractivity contribution in [2.75, 3.05) is 0 Å². The van der Waals surface area contributed by atoms with Gasteiger partial charge in [0, 0.05) is 12.8 Å². The zero-order chi connectivity index (χ0) is 12.8. The fourth-order valence-corrected chi connectivity index (χ4v) is 3.28. The second-order valence-electron chi connectivity index (χ2n) is 6.29. The van der Waals surface area contributed by atoms with Gasteiger partial charge < -0.3 is 9.53 Å². The van der Waals surface area contributed by atoms with Crippen LogP contribution in [0, 0.1) is 0 Å². The molecule has 0 aromatic carbocycles. The first-order chi connectivity index (χ1) is 7.00. The molecule has 5 heteroatoms. The SMILES string of the molecule is CC(C)(C)[Si](C)(C)OC1(C(F)F)CC(O)C1. The van der Waals surface area contributed by atoms with Crippen molar-refractivity contribution in [3.63, 3.8) is 0 Å². The molecule has 0 aromatic heterocycles. The molecule has 0 bridgehead atoms. The van der Waals surface area contributed by atoms with Crippen LogP contribution < -0.4 is 0 Å². The smallest absolute Gasteiger partial charge is 0.266 e. The quantitative estimate of drug-likeness (QED) is 0.782. The summed E-state index contributed by atoms with van der Waals surface area (Å²) in [6, 6.07) is 0. The van der Waals surface area contributed by atoms with E-state index >= 15 is 0 Å². The van der Waals surface area contributed by atoms with Gasteiger partial charge in [-0.3, -0.25) is 0 Å². The molecule has 0 saturated heterocycles. The van der Waals surface area contributed by atoms with Crippen LogP contribution in [-0.4, -0.2) is 31.6 Å². The molecule has 96 valence electrons. The second-order valence-corrected chi connectivity index (χ2v) is 11.0. The zero-order valence-corrected chi connectivity index (χ0v) is 11.7. The first-order valence-electron chi connectivity index (χ1n) is 5.67. The third-order valence-electron chi connectivity index (χ3n) is 3.82. The first-order valence-corrected chi connectivity index (χ1v) is 8.57. The Hall–Kier alpha value is -0.00312. The van der Waals surface area contributed by atoms with E-state index in [-0.39, 0.29) is 17.9 Å². The van der Waals surface area contributed by atoms with Crippen LogP contribution in [0.2, 0.25) is 18.1 Å². The van der Waals surface area contributed by atoms with Crippen LogP contribution in [0.25, 0.3) is 0 Å². The standard InChI is InChI=1S/C11H22F2O2Si/c1-10(2,3)16(4,5)15-11(9(12)13)6-8(14)7-11/h8-9,14H,6-7H2,1-5H3. The molecule has 0 aromatic rings. The third-order valence-corrected chi connectivity index (χ3v) is 8.35. The van der Waals surface area contributed by atoms with Crippen LogP contribution in [0.15, 0.2) is 0 Å². The average molecular weight is 252 g/mol. The summed E-state index contributed by atoms with van der Waals surface area (Å²) in [6.07, 6.45) is -3.00. The van der Waals surface area contributed by atoms with Gasteiger partial charge in [-0.25, -0.2) is 8.78 Å². The van der Waals surface area contributed by atoms with E-state index in [2.05, 4.69) is 0 Å². The summed E-state index contributed by atoms with van der Waals surface area (Å²) in [5.74, 6) is 0. The molecule has 1 aliphatic carbocycles. The van der Waals surface area contributed by atoms with Crippen LogP contribution >= 0.6 is 0 Å². The van der Waals surface area contributed by atoms with Gasteiger partial charge in [0.1, 0.15) is 5.60 Å². The van der Waals surface area contributed by atoms with Gasteiger partial charge in [-0.05, 0) is 18.1 Å². The Labute approximate surface area is 97.1 Å². The van der Waals surface area contributed by atoms with Crippen molar-refractivity contribution < 1.29 is 18.3 Å². The fourth-order valence-electron chi connectivity index (χ4n) is 1.71. The van der Waals surface area contributed by atoms with Gasteiger partial charge in [0.05, 0.1) is 6.10 Å². The number of rotatable bonds is 3. The van der Waals surface area contributed by atoms with Crippen molar-refractivity contribution >= 4 is 8.32 Å². The number of hydrogen-bond acceptors (Lipinski definition) is 2. The molecular weight excluding hydrogens is 230 g/mol. The van der Waals surface area contributed by atoms with E-state index in [1.807, 2.05) is 33.9 Å². The summed E-state index contributed by atoms with van der Waals surface area (Å²) in [4.78, 5) is 0. The van der Waals surface area contributed by atoms with E-state index < -0.39 is 26.4 Å². The predicted molar refractivity (Wildman–Crippen MR) is 62.3 cm³/mol. The molecule has 0 unspecified atom stereocenters. The van der Waals surface area contributed by atoms with Crippen LogP contribution in [0.1, 0.15) is 33.6 Å². The van der Waals surface area contributed by atoms with Gasteiger partial charge in [0.15, 0.2) is 8.32 Å². The van der Waals surface area contributed by atoms with E-state index in [0.717, 1.165) is 0 Å². The van der Waals surface area contributed by atoms with Gasteiger partial charge in [0.2, 0.25) is 0 Å². The summed E-state index contributed by atoms with van der Waals surface area (Å²) in [5, 5.41) is 9.15. The summed E-state index contributed by atoms with van der Waals surface area (Å²) in [7, 11) is -2.19. The normalized spacial score (nSPS) is 31.7. The monoisotopic (exact) mass is 252 g/mol. The number of hydrogen-bond donors (Lipinski definition) is 1. The molecule has 1 N–H and O–H groups in total. The minimum atomic E-state index is -2.51. The highest BCUT2D eigenvalue weighted by Gasteiger charge is 2.56. The highest BCUT2D eigenvalue weighted by molar-refractivity contribution is 6.74. The molecule has 0 heterocycles. The fraction of sp³-hybridized carbons (Fsp3) is 1.00. The van der Waals surface area contributed by atoms with E-state index in [4.69, 9.17) is 4.43 Å². The Morgan fingerprint density at radius 3 is 2.00 bits per heavy atom. The van der Waals surface area contributed by atoms with Crippen molar-refractivity contribution in [1.29, 1.82) is 0 Å². The van der Waals surface area contributed by atoms with E-state index in [1.54, 1.807) is 0 Å². The molecule has 1 aliphatic rings. The maximum atomic E-state index is 13.0. The van der Waals surface area contributed by atoms with Gasteiger partial charge in [0.25, 0.3) is 6.43 Å². The van der Waals surface area contributed by atoms with Crippen LogP contribution in [0.5, 0.6) is 0 Å². The summed E-state index contributed by atoms with van der Waals surface area (Å²) < 4.78 is 31.8. The molecule has 0 spiro atoms. The topological polar surface area (TPSA) is 29.5 Å². The van der Waals surface area contributed by atoms with Crippen molar-refractivity contribution in [3.8, 4) is 0 Å². The van der Waals surface area contributed by atoms with E-state index in [9.17, 15) is 13.9 Å². The van der Waals surface area contributed by atoms with Gasteiger partial charge >= 0.3 is 0 Å². The molecule has 1 fully saturated rings. The van der Waals surface area contributed by atoms with Crippen LogP contribution in [0.3, 0.4) is 0 Å². The Morgan fingerprint density at radius 2 is 1.75 bits per heavy atom. The number of halogens is 2. The molecule has 1 saturated carbocycles. The van der Waals surface area contributed by atoms with Gasteiger partial charge in [-0.15, -0.1) is 0 Å². The van der Waals surface area contributed by atoms with E-state index in [1.165, 1.54) is 0 Å². The molecule has 2 nitrogen and oxygen atoms in total. The minimum absolute atomic E-state index is 0.0666. The van der Waals surface area contributed by atoms with Crippen molar-refractivity contribution in [1.82, 2.24) is 0 Å². The molecule has 16 heavy (non-hydrogen) atoms. The van der Waals surface area contributed by atoms with Gasteiger partial charge in [-0.1, -0.05) is 20.8 Å². The largest absolute Gasteiger partial charge is 0.405 e. The zero-order valence-electron chi connectivity index (χ0n) is 10.7. The van der Waals surface area contributed by atoms with Crippen molar-refractivity contribution in [2.24, 2.45) is 0 Å². The van der Waals surface area contributed by atoms with Gasteiger partial charge in [-0.2, -0.15) is 0 Å². The predicted octanol–water partition coefficient (Wildman–Crippen LogP) is 3.17. The molecule has 0 atom stereocenters. The van der Waals surface area contributed by atoms with Crippen molar-refractivity contribution in [2.45, 2.75) is 69.9 Å². The lowest BCUT2D eigenvalue weighted by molar-refractivity contribution is -0.178. The molecule has 1 rings (SSSR count). The number of alkyl halides is 2. The number of aliphatic hydroxyl groups excluding tert-OH is 1. The van der Waals surface area contributed by atoms with Crippen molar-refractivity contribution in [3.05, 3.63) is 0 Å². The van der Waals surface area contributed by atoms with E-state index in [0.29, 0.717) is 0 Å². The lowest BCUT2D eigenvalue weighted by Crippen LogP contribution is -2.61. The highest BCUT2D eigenvalue weighted by atomic mass is 28.4. The second kappa shape index (κ2) is 4.03. The molecule has 0 radical (unpaired) electrons.